The van der Waals surface area contributed by atoms with Crippen LogP contribution >= 0.6 is 22.7 Å². The van der Waals surface area contributed by atoms with Gasteiger partial charge in [-0.1, -0.05) is 42.5 Å². The summed E-state index contributed by atoms with van der Waals surface area (Å²) in [4.78, 5) is 22.0. The van der Waals surface area contributed by atoms with Gasteiger partial charge in [-0.25, -0.2) is 4.98 Å². The molecule has 0 saturated carbocycles. The number of carbonyl (C=O) groups is 1. The molecule has 0 N–H and O–H groups in total. The minimum atomic E-state index is -0.281. The normalized spacial score (nSPS) is 12.3. The number of nitrogens with zero attached hydrogens (tertiary/aromatic N) is 3. The lowest BCUT2D eigenvalue weighted by Gasteiger charge is -2.01. The van der Waals surface area contributed by atoms with Crippen LogP contribution in [0.2, 0.25) is 0 Å². The van der Waals surface area contributed by atoms with Gasteiger partial charge in [-0.15, -0.1) is 11.3 Å². The summed E-state index contributed by atoms with van der Waals surface area (Å²) in [5.41, 5.74) is 3.26. The molecule has 0 unspecified atom stereocenters. The largest absolute Gasteiger partial charge is 0.319 e. The van der Waals surface area contributed by atoms with Gasteiger partial charge in [0.1, 0.15) is 0 Å². The van der Waals surface area contributed by atoms with Gasteiger partial charge in [-0.3, -0.25) is 4.79 Å². The number of aromatic nitrogens is 2. The minimum Gasteiger partial charge on any atom is -0.319 e. The van der Waals surface area contributed by atoms with Gasteiger partial charge in [0.15, 0.2) is 9.81 Å². The van der Waals surface area contributed by atoms with E-state index in [-0.39, 0.29) is 5.91 Å². The summed E-state index contributed by atoms with van der Waals surface area (Å²) in [6, 6.07) is 14.0. The Hall–Kier alpha value is -2.31. The van der Waals surface area contributed by atoms with Gasteiger partial charge in [0.25, 0.3) is 0 Å². The van der Waals surface area contributed by atoms with E-state index in [1.807, 2.05) is 35.9 Å². The lowest BCUT2D eigenvalue weighted by atomic mass is 10.1. The van der Waals surface area contributed by atoms with Gasteiger partial charge in [0, 0.05) is 7.05 Å². The summed E-state index contributed by atoms with van der Waals surface area (Å²) in [5.74, 6) is -0.281. The van der Waals surface area contributed by atoms with E-state index in [1.165, 1.54) is 28.2 Å². The Morgan fingerprint density at radius 1 is 1.12 bits per heavy atom. The Labute approximate surface area is 146 Å². The van der Waals surface area contributed by atoms with Crippen LogP contribution in [-0.4, -0.2) is 15.5 Å². The van der Waals surface area contributed by atoms with Crippen molar-refractivity contribution in [1.29, 1.82) is 0 Å². The van der Waals surface area contributed by atoms with Crippen molar-refractivity contribution in [1.82, 2.24) is 9.55 Å². The molecule has 6 heteroatoms. The molecule has 24 heavy (non-hydrogen) atoms. The summed E-state index contributed by atoms with van der Waals surface area (Å²) in [5, 5.41) is 0.435. The van der Waals surface area contributed by atoms with E-state index in [0.717, 1.165) is 26.9 Å². The maximum absolute atomic E-state index is 12.5. The summed E-state index contributed by atoms with van der Waals surface area (Å²) >= 11 is 2.92. The van der Waals surface area contributed by atoms with Crippen LogP contribution in [0.1, 0.15) is 22.3 Å². The van der Waals surface area contributed by atoms with E-state index in [2.05, 4.69) is 35.1 Å². The smallest absolute Gasteiger partial charge is 0.308 e. The highest BCUT2D eigenvalue weighted by molar-refractivity contribution is 7.20. The second-order valence-corrected chi connectivity index (χ2v) is 7.50. The second kappa shape index (κ2) is 5.96. The molecule has 120 valence electrons. The topological polar surface area (TPSA) is 47.2 Å². The van der Waals surface area contributed by atoms with E-state index >= 15 is 0 Å². The van der Waals surface area contributed by atoms with Gasteiger partial charge in [-0.05, 0) is 30.2 Å². The monoisotopic (exact) mass is 353 g/mol. The Morgan fingerprint density at radius 2 is 1.92 bits per heavy atom. The molecule has 0 bridgehead atoms. The first-order chi connectivity index (χ1) is 11.7. The zero-order valence-electron chi connectivity index (χ0n) is 13.3. The van der Waals surface area contributed by atoms with E-state index in [0.29, 0.717) is 9.81 Å². The lowest BCUT2D eigenvalue weighted by molar-refractivity contribution is 0.0998. The molecule has 0 atom stereocenters. The minimum absolute atomic E-state index is 0.281. The van der Waals surface area contributed by atoms with Crippen molar-refractivity contribution in [3.63, 3.8) is 0 Å². The van der Waals surface area contributed by atoms with Gasteiger partial charge in [-0.2, -0.15) is 4.99 Å². The number of hydrogen-bond donors (Lipinski definition) is 0. The number of carbonyl (C=O) groups excluding carboxylic acids is 1. The highest BCUT2D eigenvalue weighted by atomic mass is 32.1. The Morgan fingerprint density at radius 3 is 2.71 bits per heavy atom. The molecule has 2 aromatic carbocycles. The summed E-state index contributed by atoms with van der Waals surface area (Å²) < 4.78 is 4.15. The molecule has 2 aromatic heterocycles. The molecule has 4 aromatic rings. The predicted octanol–water partition coefficient (Wildman–Crippen LogP) is 4.15. The third-order valence-corrected chi connectivity index (χ3v) is 6.08. The predicted molar refractivity (Wildman–Crippen MR) is 99.7 cm³/mol. The van der Waals surface area contributed by atoms with Gasteiger partial charge < -0.3 is 4.57 Å². The number of hydrogen-bond acceptors (Lipinski definition) is 4. The van der Waals surface area contributed by atoms with Crippen molar-refractivity contribution in [3.05, 3.63) is 57.8 Å². The van der Waals surface area contributed by atoms with Crippen LogP contribution in [-0.2, 0) is 13.5 Å². The highest BCUT2D eigenvalue weighted by Gasteiger charge is 2.13. The maximum atomic E-state index is 12.5. The zero-order valence-corrected chi connectivity index (χ0v) is 14.9. The van der Waals surface area contributed by atoms with E-state index in [9.17, 15) is 4.79 Å². The molecule has 1 amide bonds. The number of fused-ring (bicyclic) bond motifs is 2. The first-order valence-electron chi connectivity index (χ1n) is 7.69. The van der Waals surface area contributed by atoms with Crippen molar-refractivity contribution in [2.45, 2.75) is 13.3 Å². The molecule has 0 fully saturated rings. The molecule has 0 spiro atoms. The maximum Gasteiger partial charge on any atom is 0.308 e. The van der Waals surface area contributed by atoms with Crippen molar-refractivity contribution in [2.75, 3.05) is 0 Å². The number of benzene rings is 2. The van der Waals surface area contributed by atoms with E-state index in [1.54, 1.807) is 0 Å². The average Bonchev–Trinajstić information content (AvgIpc) is 3.16. The fourth-order valence-electron chi connectivity index (χ4n) is 2.77. The Kier molecular flexibility index (Phi) is 3.78. The number of amides is 1. The fourth-order valence-corrected chi connectivity index (χ4v) is 4.69. The van der Waals surface area contributed by atoms with Crippen LogP contribution in [0.5, 0.6) is 0 Å². The van der Waals surface area contributed by atoms with Crippen LogP contribution in [0.3, 0.4) is 0 Å². The first kappa shape index (κ1) is 15.2. The number of rotatable bonds is 2. The quantitative estimate of drug-likeness (QED) is 0.543. The molecule has 0 aliphatic carbocycles. The standard InChI is InChI=1S/C18H15N3OS2/c1-3-11-7-6-10-14-15(11)21(2)18(24-14)20-16(22)17-19-12-8-4-5-9-13(12)23-17/h4-10H,3H2,1-2H3. The number of aryl methyl sites for hydroxylation is 2. The molecule has 4 rings (SSSR count). The van der Waals surface area contributed by atoms with Crippen LogP contribution < -0.4 is 4.80 Å². The first-order valence-corrected chi connectivity index (χ1v) is 9.32. The summed E-state index contributed by atoms with van der Waals surface area (Å²) in [6.07, 6.45) is 0.952. The van der Waals surface area contributed by atoms with Crippen LogP contribution in [0.15, 0.2) is 47.5 Å². The van der Waals surface area contributed by atoms with Crippen molar-refractivity contribution < 1.29 is 4.79 Å². The third-order valence-electron chi connectivity index (χ3n) is 3.96. The van der Waals surface area contributed by atoms with E-state index < -0.39 is 0 Å². The Bertz CT molecular complexity index is 1100. The molecular formula is C18H15N3OS2. The van der Waals surface area contributed by atoms with Crippen molar-refractivity contribution in [3.8, 4) is 0 Å². The lowest BCUT2D eigenvalue weighted by Crippen LogP contribution is -2.13. The third kappa shape index (κ3) is 2.48. The fraction of sp³-hybridized carbons (Fsp3) is 0.167. The summed E-state index contributed by atoms with van der Waals surface area (Å²) in [6.45, 7) is 2.13. The second-order valence-electron chi connectivity index (χ2n) is 5.46. The molecule has 0 aliphatic rings. The molecule has 0 aliphatic heterocycles. The van der Waals surface area contributed by atoms with Gasteiger partial charge in [0.2, 0.25) is 0 Å². The number of thiazole rings is 2. The van der Waals surface area contributed by atoms with E-state index in [4.69, 9.17) is 0 Å². The van der Waals surface area contributed by atoms with Crippen LogP contribution in [0.4, 0.5) is 0 Å². The molecular weight excluding hydrogens is 338 g/mol. The molecule has 0 saturated heterocycles. The van der Waals surface area contributed by atoms with Gasteiger partial charge >= 0.3 is 5.91 Å². The SMILES string of the molecule is CCc1cccc2sc(=NC(=O)c3nc4ccccc4s3)n(C)c12. The van der Waals surface area contributed by atoms with Gasteiger partial charge in [0.05, 0.1) is 20.4 Å². The highest BCUT2D eigenvalue weighted by Crippen LogP contribution is 2.23. The average molecular weight is 353 g/mol. The zero-order chi connectivity index (χ0) is 16.7. The molecule has 4 nitrogen and oxygen atoms in total. The number of para-hydroxylation sites is 2. The summed E-state index contributed by atoms with van der Waals surface area (Å²) in [7, 11) is 1.96. The molecule has 2 heterocycles. The van der Waals surface area contributed by atoms with Crippen molar-refractivity contribution >= 4 is 49.0 Å². The van der Waals surface area contributed by atoms with Crippen molar-refractivity contribution in [2.24, 2.45) is 12.0 Å². The Balaban J connectivity index is 1.84. The van der Waals surface area contributed by atoms with Crippen LogP contribution in [0, 0.1) is 0 Å². The molecule has 0 radical (unpaired) electrons. The van der Waals surface area contributed by atoms with Crippen LogP contribution in [0.25, 0.3) is 20.4 Å².